The Hall–Kier alpha value is -2.56. The minimum atomic E-state index is -0.202. The molecule has 0 saturated carbocycles. The van der Waals surface area contributed by atoms with Gasteiger partial charge in [-0.3, -0.25) is 19.5 Å². The molecule has 0 spiro atoms. The number of hydrogen-bond donors (Lipinski definition) is 1. The van der Waals surface area contributed by atoms with Crippen LogP contribution in [0.1, 0.15) is 35.7 Å². The molecule has 1 aromatic carbocycles. The van der Waals surface area contributed by atoms with Crippen molar-refractivity contribution in [3.8, 4) is 5.69 Å². The third kappa shape index (κ3) is 4.47. The second kappa shape index (κ2) is 9.36. The zero-order chi connectivity index (χ0) is 22.9. The Morgan fingerprint density at radius 1 is 1.24 bits per heavy atom. The molecule has 7 nitrogen and oxygen atoms in total. The fourth-order valence-electron chi connectivity index (χ4n) is 4.01. The van der Waals surface area contributed by atoms with Crippen molar-refractivity contribution in [1.82, 2.24) is 19.7 Å². The van der Waals surface area contributed by atoms with Crippen LogP contribution in [0.2, 0.25) is 0 Å². The molecule has 3 heterocycles. The van der Waals surface area contributed by atoms with E-state index in [1.807, 2.05) is 37.3 Å². The maximum atomic E-state index is 13.7. The van der Waals surface area contributed by atoms with Gasteiger partial charge in [-0.05, 0) is 49.3 Å². The predicted molar refractivity (Wildman–Crippen MR) is 135 cm³/mol. The lowest BCUT2D eigenvalue weighted by Gasteiger charge is -2.17. The molecule has 0 aliphatic heterocycles. The normalized spacial score (nSPS) is 15.5. The van der Waals surface area contributed by atoms with Crippen LogP contribution in [0.4, 0.5) is 5.13 Å². The van der Waals surface area contributed by atoms with Gasteiger partial charge in [0.2, 0.25) is 11.0 Å². The van der Waals surface area contributed by atoms with Crippen molar-refractivity contribution in [3.63, 3.8) is 0 Å². The smallest absolute Gasteiger partial charge is 0.267 e. The van der Waals surface area contributed by atoms with Crippen molar-refractivity contribution in [1.29, 1.82) is 0 Å². The standard InChI is InChI=1S/C23H23N5O2S3/c1-3-18-26-27-22(33-18)24-17(29)12-31-23-25-20-19(15-10-9-13(2)11-16(15)32-20)21(30)28(23)14-7-5-4-6-8-14/h4-8,13H,3,9-12H2,1-2H3,(H,24,27,29). The summed E-state index contributed by atoms with van der Waals surface area (Å²) in [5.41, 5.74) is 1.85. The number of carbonyl (C=O) groups excluding carboxylic acids is 1. The summed E-state index contributed by atoms with van der Waals surface area (Å²) in [6, 6.07) is 9.51. The summed E-state index contributed by atoms with van der Waals surface area (Å²) in [5.74, 6) is 0.536. The van der Waals surface area contributed by atoms with E-state index in [4.69, 9.17) is 4.98 Å². The number of benzene rings is 1. The molecule has 1 aliphatic carbocycles. The summed E-state index contributed by atoms with van der Waals surface area (Å²) >= 11 is 4.25. The molecule has 1 unspecified atom stereocenters. The number of hydrogen-bond acceptors (Lipinski definition) is 8. The van der Waals surface area contributed by atoms with Gasteiger partial charge in [-0.1, -0.05) is 55.1 Å². The number of thioether (sulfide) groups is 1. The van der Waals surface area contributed by atoms with E-state index in [1.54, 1.807) is 15.9 Å². The molecule has 170 valence electrons. The molecule has 33 heavy (non-hydrogen) atoms. The van der Waals surface area contributed by atoms with Gasteiger partial charge >= 0.3 is 0 Å². The van der Waals surface area contributed by atoms with Crippen molar-refractivity contribution < 1.29 is 4.79 Å². The average Bonchev–Trinajstić information content (AvgIpc) is 3.41. The minimum Gasteiger partial charge on any atom is -0.300 e. The highest BCUT2D eigenvalue weighted by Crippen LogP contribution is 2.37. The number of thiophene rings is 1. The van der Waals surface area contributed by atoms with Crippen molar-refractivity contribution in [2.45, 2.75) is 44.7 Å². The number of para-hydroxylation sites is 1. The van der Waals surface area contributed by atoms with Crippen LogP contribution < -0.4 is 10.9 Å². The minimum absolute atomic E-state index is 0.0575. The maximum absolute atomic E-state index is 13.7. The molecule has 5 rings (SSSR count). The molecule has 0 bridgehead atoms. The van der Waals surface area contributed by atoms with Gasteiger partial charge in [0.1, 0.15) is 9.84 Å². The number of fused-ring (bicyclic) bond motifs is 3. The first-order valence-corrected chi connectivity index (χ1v) is 13.5. The Bertz CT molecular complexity index is 1380. The van der Waals surface area contributed by atoms with Gasteiger partial charge in [0.25, 0.3) is 5.56 Å². The van der Waals surface area contributed by atoms with Gasteiger partial charge < -0.3 is 0 Å². The monoisotopic (exact) mass is 497 g/mol. The lowest BCUT2D eigenvalue weighted by molar-refractivity contribution is -0.113. The fraction of sp³-hybridized carbons (Fsp3) is 0.348. The van der Waals surface area contributed by atoms with E-state index in [-0.39, 0.29) is 17.2 Å². The fourth-order valence-corrected chi connectivity index (χ4v) is 6.94. The van der Waals surface area contributed by atoms with Crippen molar-refractivity contribution >= 4 is 55.7 Å². The number of aromatic nitrogens is 4. The van der Waals surface area contributed by atoms with Gasteiger partial charge in [0.15, 0.2) is 5.16 Å². The Kier molecular flexibility index (Phi) is 6.31. The number of nitrogens with one attached hydrogen (secondary N) is 1. The van der Waals surface area contributed by atoms with Crippen LogP contribution in [0, 0.1) is 5.92 Å². The predicted octanol–water partition coefficient (Wildman–Crippen LogP) is 4.72. The van der Waals surface area contributed by atoms with Crippen molar-refractivity contribution in [2.24, 2.45) is 5.92 Å². The molecule has 1 atom stereocenters. The summed E-state index contributed by atoms with van der Waals surface area (Å²) in [6.45, 7) is 4.25. The van der Waals surface area contributed by atoms with Crippen LogP contribution in [-0.2, 0) is 24.1 Å². The Morgan fingerprint density at radius 3 is 2.82 bits per heavy atom. The topological polar surface area (TPSA) is 89.8 Å². The molecular weight excluding hydrogens is 474 g/mol. The quantitative estimate of drug-likeness (QED) is 0.306. The van der Waals surface area contributed by atoms with E-state index in [1.165, 1.54) is 28.0 Å². The molecule has 4 aromatic rings. The third-order valence-corrected chi connectivity index (χ3v) is 8.73. The Balaban J connectivity index is 1.50. The van der Waals surface area contributed by atoms with Crippen LogP contribution in [0.25, 0.3) is 15.9 Å². The van der Waals surface area contributed by atoms with E-state index in [2.05, 4.69) is 22.4 Å². The highest BCUT2D eigenvalue weighted by molar-refractivity contribution is 7.99. The first kappa shape index (κ1) is 22.2. The SMILES string of the molecule is CCc1nnc(NC(=O)CSc2nc3sc4c(c3c(=O)n2-c2ccccc2)CCC(C)C4)s1. The van der Waals surface area contributed by atoms with Gasteiger partial charge in [0, 0.05) is 4.88 Å². The highest BCUT2D eigenvalue weighted by atomic mass is 32.2. The zero-order valence-electron chi connectivity index (χ0n) is 18.3. The van der Waals surface area contributed by atoms with E-state index in [0.717, 1.165) is 52.2 Å². The summed E-state index contributed by atoms with van der Waals surface area (Å²) in [5, 5.41) is 13.5. The van der Waals surface area contributed by atoms with Gasteiger partial charge in [-0.2, -0.15) is 0 Å². The molecule has 0 saturated heterocycles. The number of nitrogens with zero attached hydrogens (tertiary/aromatic N) is 4. The first-order chi connectivity index (χ1) is 16.0. The van der Waals surface area contributed by atoms with E-state index < -0.39 is 0 Å². The lowest BCUT2D eigenvalue weighted by Crippen LogP contribution is -2.23. The summed E-state index contributed by atoms with van der Waals surface area (Å²) in [4.78, 5) is 33.2. The van der Waals surface area contributed by atoms with Crippen LogP contribution >= 0.6 is 34.4 Å². The third-order valence-electron chi connectivity index (χ3n) is 5.66. The van der Waals surface area contributed by atoms with Crippen molar-refractivity contribution in [2.75, 3.05) is 11.1 Å². The number of aryl methyl sites for hydroxylation is 2. The molecule has 1 N–H and O–H groups in total. The maximum Gasteiger partial charge on any atom is 0.267 e. The number of anilines is 1. The van der Waals surface area contributed by atoms with Gasteiger partial charge in [-0.15, -0.1) is 21.5 Å². The van der Waals surface area contributed by atoms with E-state index in [0.29, 0.717) is 16.2 Å². The molecule has 1 amide bonds. The lowest BCUT2D eigenvalue weighted by atomic mass is 9.89. The largest absolute Gasteiger partial charge is 0.300 e. The van der Waals surface area contributed by atoms with Gasteiger partial charge in [0.05, 0.1) is 16.8 Å². The summed E-state index contributed by atoms with van der Waals surface area (Å²) in [7, 11) is 0. The average molecular weight is 498 g/mol. The zero-order valence-corrected chi connectivity index (χ0v) is 20.8. The Morgan fingerprint density at radius 2 is 2.06 bits per heavy atom. The molecule has 10 heteroatoms. The number of amides is 1. The van der Waals surface area contributed by atoms with Crippen LogP contribution in [0.3, 0.4) is 0 Å². The Labute approximate surface area is 203 Å². The van der Waals surface area contributed by atoms with E-state index >= 15 is 0 Å². The highest BCUT2D eigenvalue weighted by Gasteiger charge is 2.25. The van der Waals surface area contributed by atoms with Crippen LogP contribution in [0.15, 0.2) is 40.3 Å². The first-order valence-electron chi connectivity index (χ1n) is 10.9. The molecular formula is C23H23N5O2S3. The molecule has 0 fully saturated rings. The van der Waals surface area contributed by atoms with Gasteiger partial charge in [-0.25, -0.2) is 4.98 Å². The van der Waals surface area contributed by atoms with Crippen molar-refractivity contribution in [3.05, 3.63) is 56.1 Å². The number of carbonyl (C=O) groups is 1. The number of rotatable bonds is 6. The second-order valence-corrected chi connectivity index (χ2v) is 11.2. The van der Waals surface area contributed by atoms with E-state index in [9.17, 15) is 9.59 Å². The molecule has 3 aromatic heterocycles. The second-order valence-electron chi connectivity index (χ2n) is 8.09. The molecule has 0 radical (unpaired) electrons. The summed E-state index contributed by atoms with van der Waals surface area (Å²) < 4.78 is 1.64. The van der Waals surface area contributed by atoms with Crippen LogP contribution in [-0.4, -0.2) is 31.4 Å². The van der Waals surface area contributed by atoms with Crippen LogP contribution in [0.5, 0.6) is 0 Å². The summed E-state index contributed by atoms with van der Waals surface area (Å²) in [6.07, 6.45) is 3.77. The molecule has 1 aliphatic rings.